The van der Waals surface area contributed by atoms with Gasteiger partial charge in [-0.25, -0.2) is 0 Å². The molecule has 0 amide bonds. The maximum absolute atomic E-state index is 4.83. The van der Waals surface area contributed by atoms with Crippen LogP contribution in [0, 0.1) is 0 Å². The Balaban J connectivity index is 6.20. The van der Waals surface area contributed by atoms with Gasteiger partial charge in [0.05, 0.1) is 0 Å². The van der Waals surface area contributed by atoms with E-state index in [1.807, 2.05) is 888 Å². The maximum atomic E-state index is 4.83. The molecule has 0 bridgehead atoms. The van der Waals surface area contributed by atoms with E-state index in [1.54, 1.807) is 115 Å². The van der Waals surface area contributed by atoms with Crippen LogP contribution in [-0.2, 0) is 1030 Å². The van der Waals surface area contributed by atoms with Crippen molar-refractivity contribution in [2.24, 2.45) is 0 Å². The average molecular weight is 3760 g/mol. The van der Waals surface area contributed by atoms with E-state index in [9.17, 15) is 0 Å². The lowest BCUT2D eigenvalue weighted by atomic mass is 12.0. The fourth-order valence-corrected chi connectivity index (χ4v) is 311. The topological polar surface area (TPSA) is 0 Å². The molecule has 0 radical (unpaired) electrons. The van der Waals surface area contributed by atoms with Gasteiger partial charge >= 0.3 is 0 Å². The molecule has 0 nitrogen and oxygen atoms in total. The minimum absolute atomic E-state index is 1.37. The Kier molecular flexibility index (Phi) is 173. The minimum Gasteiger partial charge on any atom is -0.0148 e. The fraction of sp³-hybridized carbons (Fsp3) is 0. The Morgan fingerprint density at radius 2 is 0.127 bits per heavy atom. The van der Waals surface area contributed by atoms with E-state index in [4.69, 9.17) is 11.2 Å². The molecule has 706 valence electrons. The SMILES string of the molecule is S=C=S=S=S=S=S=S=S=S=S=S=S=S=S=S=S=S=S=S=S=S=S=S=S=S=S=S=S=S=S=S=S=S=S=S=S=S=S=S=S=S=S=S=S=S=S=S=S=S=S=S=S=S=S=S=S=S=S=S=S=S=S=S=S=S=S=S=S=S=S=S=S=S=S=S=S=S=S=S=S=S=S=S=S=S=S=S=S=S=S=S=S=S=S=S=S=S=S=S=S=S=S=S=S=S=S=S=S=S=S=S=S=S=S=S=S=S. The van der Waals surface area contributed by atoms with Crippen LogP contribution in [0.1, 0.15) is 0 Å². The van der Waals surface area contributed by atoms with Crippen molar-refractivity contribution in [3.8, 4) is 0 Å². The summed E-state index contributed by atoms with van der Waals surface area (Å²) >= 11 is 9.50. The second-order valence-electron chi connectivity index (χ2n) is 7.92. The van der Waals surface area contributed by atoms with E-state index in [-0.39, 0.29) is 0 Å². The minimum atomic E-state index is 1.37. The predicted molar refractivity (Wildman–Crippen MR) is 867 cm³/mol. The molecule has 0 aliphatic rings. The quantitative estimate of drug-likeness (QED) is 0.317. The van der Waals surface area contributed by atoms with Crippen LogP contribution in [0.2, 0.25) is 0 Å². The molecule has 117 heteroatoms. The molecule has 0 rings (SSSR count). The number of thiocarbonyl (C=S) groups is 1. The van der Waals surface area contributed by atoms with E-state index in [0.717, 1.165) is 0 Å². The first kappa shape index (κ1) is 144. The monoisotopic (exact) mass is 3750 g/mol. The predicted octanol–water partition coefficient (Wildman–Crippen LogP) is 0.0915. The van der Waals surface area contributed by atoms with Crippen LogP contribution in [0.4, 0.5) is 0 Å². The van der Waals surface area contributed by atoms with Crippen LogP contribution in [0.25, 0.3) is 0 Å². The molecular formula is CS117. The van der Waals surface area contributed by atoms with Crippen molar-refractivity contribution in [3.05, 3.63) is 0 Å². The normalized spacial score (nSPS) is 7.86. The van der Waals surface area contributed by atoms with Gasteiger partial charge in [-0.15, -0.1) is 0 Å². The smallest absolute Gasteiger partial charge is 0.0148 e. The third-order valence-corrected chi connectivity index (χ3v) is 256. The molecule has 0 atom stereocenters. The van der Waals surface area contributed by atoms with Crippen LogP contribution in [0.5, 0.6) is 0 Å². The van der Waals surface area contributed by atoms with Crippen molar-refractivity contribution in [2.45, 2.75) is 0 Å². The van der Waals surface area contributed by atoms with E-state index >= 15 is 0 Å². The van der Waals surface area contributed by atoms with Gasteiger partial charge in [-0.1, -0.05) is 0 Å². The molecule has 0 saturated carbocycles. The van der Waals surface area contributed by atoms with Crippen molar-refractivity contribution in [1.82, 2.24) is 0 Å². The Hall–Kier alpha value is 25.5. The first-order valence-electron chi connectivity index (χ1n) is 19.6. The van der Waals surface area contributed by atoms with E-state index < -0.39 is 0 Å². The van der Waals surface area contributed by atoms with Gasteiger partial charge in [0.1, 0.15) is 0 Å². The lowest BCUT2D eigenvalue weighted by Gasteiger charge is -1.41. The van der Waals surface area contributed by atoms with Gasteiger partial charge in [0.25, 0.3) is 0 Å². The first-order chi connectivity index (χ1) is 58.9. The van der Waals surface area contributed by atoms with Crippen molar-refractivity contribution in [3.63, 3.8) is 0 Å². The second-order valence-corrected chi connectivity index (χ2v) is 211. The summed E-state index contributed by atoms with van der Waals surface area (Å²) in [4.78, 5) is 0. The maximum Gasteiger partial charge on any atom is 0.0298 e. The third-order valence-electron chi connectivity index (χ3n) is 3.21. The highest BCUT2D eigenvalue weighted by atomic mass is 33.6. The number of hydrogen-bond acceptors (Lipinski definition) is 2. The average Bonchev–Trinajstić information content (AvgIpc) is 2.20. The first-order valence-corrected chi connectivity index (χ1v) is 174. The summed E-state index contributed by atoms with van der Waals surface area (Å²) in [6, 6.07) is 0. The molecule has 0 aromatic rings. The van der Waals surface area contributed by atoms with Crippen molar-refractivity contribution >= 4 is 1050 Å². The van der Waals surface area contributed by atoms with Crippen LogP contribution < -0.4 is 0 Å². The van der Waals surface area contributed by atoms with Gasteiger partial charge in [0, 0.05) is 957 Å². The van der Waals surface area contributed by atoms with Crippen molar-refractivity contribution in [1.29, 1.82) is 0 Å². The fourth-order valence-electron chi connectivity index (χ4n) is 1.30. The van der Waals surface area contributed by atoms with Gasteiger partial charge < -0.3 is 0 Å². The summed E-state index contributed by atoms with van der Waals surface area (Å²) in [5, 5.41) is 0. The zero-order valence-electron chi connectivity index (χ0n) is 48.3. The molecular weight excluding hydrogens is 3760 g/mol. The molecule has 0 aromatic carbocycles. The highest BCUT2D eigenvalue weighted by molar-refractivity contribution is 8.89. The molecule has 0 fully saturated rings. The zero-order chi connectivity index (χ0) is 84.0. The molecule has 0 aromatic heterocycles. The van der Waals surface area contributed by atoms with E-state index in [0.29, 0.717) is 0 Å². The molecule has 0 aliphatic carbocycles. The molecule has 0 heterocycles. The lowest BCUT2D eigenvalue weighted by molar-refractivity contribution is 4.64. The second kappa shape index (κ2) is 143. The molecule has 0 spiro atoms. The summed E-state index contributed by atoms with van der Waals surface area (Å²) in [5.74, 6) is 0. The van der Waals surface area contributed by atoms with Gasteiger partial charge in [0.2, 0.25) is 0 Å². The highest BCUT2D eigenvalue weighted by Crippen LogP contribution is 1.52. The summed E-state index contributed by atoms with van der Waals surface area (Å²) in [7, 11) is 209. The summed E-state index contributed by atoms with van der Waals surface area (Å²) in [6.07, 6.45) is 0. The van der Waals surface area contributed by atoms with Gasteiger partial charge in [-0.2, -0.15) is 0 Å². The molecule has 0 aliphatic heterocycles. The Morgan fingerprint density at radius 1 is 0.0763 bits per heavy atom. The van der Waals surface area contributed by atoms with Crippen molar-refractivity contribution in [2.75, 3.05) is 0 Å². The van der Waals surface area contributed by atoms with Crippen LogP contribution in [0.15, 0.2) is 0 Å². The molecule has 118 heavy (non-hydrogen) atoms. The van der Waals surface area contributed by atoms with E-state index in [1.165, 1.54) is 18.8 Å². The number of hydrogen-bond donors (Lipinski definition) is 0. The van der Waals surface area contributed by atoms with Crippen molar-refractivity contribution < 1.29 is 0 Å². The summed E-state index contributed by atoms with van der Waals surface area (Å²) < 4.78 is 2.63. The van der Waals surface area contributed by atoms with Crippen LogP contribution >= 0.6 is 12.2 Å². The Bertz CT molecular complexity index is 8880. The summed E-state index contributed by atoms with van der Waals surface area (Å²) in [6.45, 7) is 0. The van der Waals surface area contributed by atoms with Crippen LogP contribution in [0.3, 0.4) is 0 Å². The standard InChI is InChI=1S/CS117/c2-1-4-6-8-10-12-14-16-18-20-22-24-26-28-30-32-34-36-38-40-42-44-46-48-50-52-54-56-58-60-62-64-66-68-70-72-74-76-78-80-82-84-86-88-90-92-94-96-98-100-102-104-106-108-110-112-114-116-118-117-115-113-111-109-107-105-103-101-99-97-95-93-91-89-87-85-83-81-79-77-75-73-71-69-67-65-63-61-59-57-55-53-51-49-47-45-43-41-39-37-35-33-31-29-27-25-23-21-19-17-15-13-11-9-7-5-3. The van der Waals surface area contributed by atoms with Gasteiger partial charge in [-0.3, -0.25) is 0 Å². The van der Waals surface area contributed by atoms with Gasteiger partial charge in [-0.05, 0) is 93.2 Å². The Labute approximate surface area is 1020 Å². The number of rotatable bonds is 0. The zero-order valence-corrected chi connectivity index (χ0v) is 144. The van der Waals surface area contributed by atoms with Gasteiger partial charge in [0.15, 0.2) is 0 Å². The Morgan fingerprint density at radius 3 is 0.178 bits per heavy atom. The van der Waals surface area contributed by atoms with Crippen LogP contribution in [-0.4, -0.2) is 4.31 Å². The lowest BCUT2D eigenvalue weighted by Crippen LogP contribution is -1.42. The molecule has 0 unspecified atom stereocenters. The highest BCUT2D eigenvalue weighted by Gasteiger charge is 1.53. The summed E-state index contributed by atoms with van der Waals surface area (Å²) in [5.41, 5.74) is 0. The van der Waals surface area contributed by atoms with E-state index in [2.05, 4.69) is 16.5 Å². The third kappa shape index (κ3) is 142. The molecule has 0 saturated heterocycles. The molecule has 0 N–H and O–H groups in total. The largest absolute Gasteiger partial charge is 0.0298 e.